The van der Waals surface area contributed by atoms with Gasteiger partial charge >= 0.3 is 0 Å². The summed E-state index contributed by atoms with van der Waals surface area (Å²) in [5, 5.41) is 13.1. The molecule has 1 aromatic carbocycles. The smallest absolute Gasteiger partial charge is 0.226 e. The average Bonchev–Trinajstić information content (AvgIpc) is 3.18. The molecule has 124 valence electrons. The Morgan fingerprint density at radius 2 is 2.12 bits per heavy atom. The van der Waals surface area contributed by atoms with Crippen LogP contribution in [-0.4, -0.2) is 32.2 Å². The Morgan fingerprint density at radius 1 is 1.33 bits per heavy atom. The minimum absolute atomic E-state index is 0.0827. The van der Waals surface area contributed by atoms with Crippen LogP contribution in [0.15, 0.2) is 36.0 Å². The molecule has 0 fully saturated rings. The Labute approximate surface area is 142 Å². The molecular weight excluding hydrogens is 329 g/mol. The summed E-state index contributed by atoms with van der Waals surface area (Å²) >= 11 is 1.42. The number of benzene rings is 1. The number of nitrogens with zero attached hydrogens (tertiary/aromatic N) is 4. The van der Waals surface area contributed by atoms with Crippen LogP contribution < -0.4 is 5.32 Å². The third-order valence-electron chi connectivity index (χ3n) is 3.49. The van der Waals surface area contributed by atoms with Gasteiger partial charge in [-0.05, 0) is 31.2 Å². The van der Waals surface area contributed by atoms with Crippen molar-refractivity contribution in [3.05, 3.63) is 52.6 Å². The van der Waals surface area contributed by atoms with Crippen LogP contribution in [0.2, 0.25) is 0 Å². The Hall–Kier alpha value is -2.61. The fourth-order valence-corrected chi connectivity index (χ4v) is 3.00. The van der Waals surface area contributed by atoms with E-state index in [2.05, 4.69) is 20.5 Å². The summed E-state index contributed by atoms with van der Waals surface area (Å²) in [4.78, 5) is 16.4. The van der Waals surface area contributed by atoms with E-state index in [1.165, 1.54) is 23.5 Å². The summed E-state index contributed by atoms with van der Waals surface area (Å²) < 4.78 is 14.8. The van der Waals surface area contributed by atoms with E-state index in [9.17, 15) is 9.18 Å². The van der Waals surface area contributed by atoms with Gasteiger partial charge in [0.2, 0.25) is 5.91 Å². The van der Waals surface area contributed by atoms with Crippen LogP contribution >= 0.6 is 11.3 Å². The summed E-state index contributed by atoms with van der Waals surface area (Å²) in [5.41, 5.74) is 1.59. The lowest BCUT2D eigenvalue weighted by molar-refractivity contribution is -0.120. The number of aromatic nitrogens is 4. The maximum Gasteiger partial charge on any atom is 0.226 e. The summed E-state index contributed by atoms with van der Waals surface area (Å²) in [6, 6.07) is 6.15. The van der Waals surface area contributed by atoms with Crippen molar-refractivity contribution in [1.29, 1.82) is 0 Å². The maximum atomic E-state index is 12.9. The zero-order valence-electron chi connectivity index (χ0n) is 13.1. The number of carbonyl (C=O) groups excluding carboxylic acids is 1. The molecule has 3 rings (SSSR count). The Balaban J connectivity index is 1.51. The van der Waals surface area contributed by atoms with Crippen LogP contribution in [0.25, 0.3) is 11.3 Å². The summed E-state index contributed by atoms with van der Waals surface area (Å²) in [5.74, 6) is 0.450. The Bertz CT molecular complexity index is 827. The topological polar surface area (TPSA) is 72.7 Å². The summed E-state index contributed by atoms with van der Waals surface area (Å²) in [7, 11) is 0. The molecule has 0 spiro atoms. The van der Waals surface area contributed by atoms with Crippen LogP contribution in [0.3, 0.4) is 0 Å². The Morgan fingerprint density at radius 3 is 2.83 bits per heavy atom. The molecule has 0 aliphatic heterocycles. The van der Waals surface area contributed by atoms with E-state index in [0.29, 0.717) is 13.1 Å². The number of aryl methyl sites for hydroxylation is 1. The van der Waals surface area contributed by atoms with E-state index in [4.69, 9.17) is 0 Å². The van der Waals surface area contributed by atoms with E-state index in [1.807, 2.05) is 16.9 Å². The molecule has 0 bridgehead atoms. The van der Waals surface area contributed by atoms with Gasteiger partial charge in [0.25, 0.3) is 0 Å². The molecule has 8 heteroatoms. The van der Waals surface area contributed by atoms with Crippen molar-refractivity contribution in [3.63, 3.8) is 0 Å². The highest BCUT2D eigenvalue weighted by Crippen LogP contribution is 2.22. The van der Waals surface area contributed by atoms with Gasteiger partial charge in [0.15, 0.2) is 0 Å². The van der Waals surface area contributed by atoms with Crippen molar-refractivity contribution in [2.24, 2.45) is 0 Å². The largest absolute Gasteiger partial charge is 0.354 e. The standard InChI is InChI=1S/C16H16FN5OS/c1-11-21-19-10-22(11)7-6-18-15(23)8-16-20-14(9-24-16)12-2-4-13(17)5-3-12/h2-5,9-10H,6-8H2,1H3,(H,18,23). The second-order valence-electron chi connectivity index (χ2n) is 5.23. The van der Waals surface area contributed by atoms with E-state index in [0.717, 1.165) is 22.1 Å². The molecule has 2 heterocycles. The van der Waals surface area contributed by atoms with Gasteiger partial charge in [-0.3, -0.25) is 4.79 Å². The highest BCUT2D eigenvalue weighted by Gasteiger charge is 2.09. The number of nitrogens with one attached hydrogen (secondary N) is 1. The monoisotopic (exact) mass is 345 g/mol. The van der Waals surface area contributed by atoms with Crippen molar-refractivity contribution in [3.8, 4) is 11.3 Å². The van der Waals surface area contributed by atoms with Crippen LogP contribution in [-0.2, 0) is 17.8 Å². The maximum absolute atomic E-state index is 12.9. The molecule has 0 aliphatic carbocycles. The fourth-order valence-electron chi connectivity index (χ4n) is 2.19. The molecule has 0 atom stereocenters. The second-order valence-corrected chi connectivity index (χ2v) is 6.17. The first-order valence-corrected chi connectivity index (χ1v) is 8.31. The van der Waals surface area contributed by atoms with Crippen molar-refractivity contribution in [2.45, 2.75) is 19.9 Å². The van der Waals surface area contributed by atoms with Crippen molar-refractivity contribution >= 4 is 17.2 Å². The molecule has 0 radical (unpaired) electrons. The quantitative estimate of drug-likeness (QED) is 0.743. The zero-order valence-corrected chi connectivity index (χ0v) is 13.9. The van der Waals surface area contributed by atoms with Crippen molar-refractivity contribution in [2.75, 3.05) is 6.54 Å². The van der Waals surface area contributed by atoms with Crippen LogP contribution in [0.5, 0.6) is 0 Å². The average molecular weight is 345 g/mol. The summed E-state index contributed by atoms with van der Waals surface area (Å²) in [6.45, 7) is 3.00. The van der Waals surface area contributed by atoms with Gasteiger partial charge in [-0.15, -0.1) is 21.5 Å². The molecule has 2 aromatic heterocycles. The van der Waals surface area contributed by atoms with Gasteiger partial charge in [-0.1, -0.05) is 0 Å². The highest BCUT2D eigenvalue weighted by atomic mass is 32.1. The summed E-state index contributed by atoms with van der Waals surface area (Å²) in [6.07, 6.45) is 1.87. The molecule has 0 saturated carbocycles. The SMILES string of the molecule is Cc1nncn1CCNC(=O)Cc1nc(-c2ccc(F)cc2)cs1. The minimum atomic E-state index is -0.281. The molecule has 6 nitrogen and oxygen atoms in total. The molecule has 1 amide bonds. The van der Waals surface area contributed by atoms with Gasteiger partial charge in [-0.2, -0.15) is 0 Å². The van der Waals surface area contributed by atoms with Gasteiger partial charge in [0.1, 0.15) is 23.0 Å². The normalized spacial score (nSPS) is 10.8. The van der Waals surface area contributed by atoms with Gasteiger partial charge in [0.05, 0.1) is 12.1 Å². The minimum Gasteiger partial charge on any atom is -0.354 e. The van der Waals surface area contributed by atoms with Crippen molar-refractivity contribution in [1.82, 2.24) is 25.1 Å². The highest BCUT2D eigenvalue weighted by molar-refractivity contribution is 7.10. The molecular formula is C16H16FN5OS. The first kappa shape index (κ1) is 16.3. The number of amides is 1. The first-order chi connectivity index (χ1) is 11.6. The van der Waals surface area contributed by atoms with Gasteiger partial charge in [0, 0.05) is 24.0 Å². The predicted octanol–water partition coefficient (Wildman–Crippen LogP) is 2.21. The predicted molar refractivity (Wildman–Crippen MR) is 89.0 cm³/mol. The third kappa shape index (κ3) is 4.02. The lowest BCUT2D eigenvalue weighted by Gasteiger charge is -2.05. The van der Waals surface area contributed by atoms with E-state index in [1.54, 1.807) is 18.5 Å². The fraction of sp³-hybridized carbons (Fsp3) is 0.250. The lowest BCUT2D eigenvalue weighted by Crippen LogP contribution is -2.28. The number of rotatable bonds is 6. The van der Waals surface area contributed by atoms with Gasteiger partial charge < -0.3 is 9.88 Å². The first-order valence-electron chi connectivity index (χ1n) is 7.43. The molecule has 0 aliphatic rings. The van der Waals surface area contributed by atoms with E-state index in [-0.39, 0.29) is 18.1 Å². The number of carbonyl (C=O) groups is 1. The number of thiazole rings is 1. The molecule has 3 aromatic rings. The van der Waals surface area contributed by atoms with E-state index >= 15 is 0 Å². The molecule has 0 saturated heterocycles. The molecule has 0 unspecified atom stereocenters. The second kappa shape index (κ2) is 7.31. The zero-order chi connectivity index (χ0) is 16.9. The van der Waals surface area contributed by atoms with Crippen molar-refractivity contribution < 1.29 is 9.18 Å². The van der Waals surface area contributed by atoms with Crippen LogP contribution in [0, 0.1) is 12.7 Å². The third-order valence-corrected chi connectivity index (χ3v) is 4.34. The number of halogens is 1. The van der Waals surface area contributed by atoms with E-state index < -0.39 is 0 Å². The van der Waals surface area contributed by atoms with Gasteiger partial charge in [-0.25, -0.2) is 9.37 Å². The number of hydrogen-bond donors (Lipinski definition) is 1. The molecule has 24 heavy (non-hydrogen) atoms. The van der Waals surface area contributed by atoms with Crippen LogP contribution in [0.1, 0.15) is 10.8 Å². The lowest BCUT2D eigenvalue weighted by atomic mass is 10.2. The van der Waals surface area contributed by atoms with Crippen LogP contribution in [0.4, 0.5) is 4.39 Å². The molecule has 1 N–H and O–H groups in total. The Kier molecular flexibility index (Phi) is 4.95. The number of hydrogen-bond acceptors (Lipinski definition) is 5.